The molecule has 0 radical (unpaired) electrons. The second kappa shape index (κ2) is 11.7. The maximum absolute atomic E-state index is 12.1. The maximum atomic E-state index is 12.1. The summed E-state index contributed by atoms with van der Waals surface area (Å²) in [6, 6.07) is 1.95. The SMILES string of the molecule is COCCCOc1cc(CC[C@H](NC(=O)OC(C)(C)C)C(C)C)cnc1OC. The van der Waals surface area contributed by atoms with E-state index in [4.69, 9.17) is 18.9 Å². The van der Waals surface area contributed by atoms with Gasteiger partial charge in [-0.1, -0.05) is 13.8 Å². The van der Waals surface area contributed by atoms with Gasteiger partial charge in [-0.25, -0.2) is 9.78 Å². The number of alkyl carbamates (subject to hydrolysis) is 1. The van der Waals surface area contributed by atoms with Crippen LogP contribution >= 0.6 is 0 Å². The molecule has 7 heteroatoms. The number of nitrogens with one attached hydrogen (secondary N) is 1. The van der Waals surface area contributed by atoms with Crippen molar-refractivity contribution in [3.63, 3.8) is 0 Å². The topological polar surface area (TPSA) is 78.9 Å². The lowest BCUT2D eigenvalue weighted by Crippen LogP contribution is -2.42. The van der Waals surface area contributed by atoms with E-state index in [0.29, 0.717) is 24.8 Å². The predicted octanol–water partition coefficient (Wildman–Crippen LogP) is 3.99. The summed E-state index contributed by atoms with van der Waals surface area (Å²) >= 11 is 0. The van der Waals surface area contributed by atoms with Gasteiger partial charge in [-0.3, -0.25) is 0 Å². The molecule has 0 aromatic carbocycles. The van der Waals surface area contributed by atoms with E-state index in [1.807, 2.05) is 26.8 Å². The van der Waals surface area contributed by atoms with Crippen molar-refractivity contribution in [1.82, 2.24) is 10.3 Å². The lowest BCUT2D eigenvalue weighted by atomic mass is 9.97. The number of aryl methyl sites for hydroxylation is 1. The van der Waals surface area contributed by atoms with Gasteiger partial charge in [-0.2, -0.15) is 0 Å². The van der Waals surface area contributed by atoms with Crippen molar-refractivity contribution in [3.05, 3.63) is 17.8 Å². The van der Waals surface area contributed by atoms with E-state index in [1.54, 1.807) is 20.4 Å². The first-order chi connectivity index (χ1) is 13.2. The Labute approximate surface area is 169 Å². The summed E-state index contributed by atoms with van der Waals surface area (Å²) in [7, 11) is 3.24. The Bertz CT molecular complexity index is 599. The number of pyridine rings is 1. The number of nitrogens with zero attached hydrogens (tertiary/aromatic N) is 1. The van der Waals surface area contributed by atoms with E-state index >= 15 is 0 Å². The maximum Gasteiger partial charge on any atom is 0.407 e. The second-order valence-corrected chi connectivity index (χ2v) is 8.08. The fourth-order valence-corrected chi connectivity index (χ4v) is 2.60. The minimum atomic E-state index is -0.513. The Morgan fingerprint density at radius 2 is 1.93 bits per heavy atom. The van der Waals surface area contributed by atoms with Crippen molar-refractivity contribution in [1.29, 1.82) is 0 Å². The molecule has 0 spiro atoms. The Balaban J connectivity index is 2.70. The van der Waals surface area contributed by atoms with Gasteiger partial charge in [0.2, 0.25) is 0 Å². The molecule has 0 bridgehead atoms. The van der Waals surface area contributed by atoms with Gasteiger partial charge in [0.1, 0.15) is 5.60 Å². The third kappa shape index (κ3) is 9.26. The van der Waals surface area contributed by atoms with Crippen LogP contribution in [0.3, 0.4) is 0 Å². The van der Waals surface area contributed by atoms with Gasteiger partial charge in [-0.05, 0) is 51.2 Å². The van der Waals surface area contributed by atoms with Crippen LogP contribution in [0.5, 0.6) is 11.6 Å². The van der Waals surface area contributed by atoms with Gasteiger partial charge in [0.25, 0.3) is 5.88 Å². The van der Waals surface area contributed by atoms with Crippen LogP contribution in [-0.4, -0.2) is 50.2 Å². The standard InChI is InChI=1S/C21H36N2O5/c1-15(2)17(23-20(24)28-21(3,4)5)10-9-16-13-18(19(26-7)22-14-16)27-12-8-11-25-6/h13-15,17H,8-12H2,1-7H3,(H,23,24)/t17-/m0/s1. The molecule has 28 heavy (non-hydrogen) atoms. The van der Waals surface area contributed by atoms with E-state index in [1.165, 1.54) is 0 Å². The van der Waals surface area contributed by atoms with Crippen molar-refractivity contribution in [3.8, 4) is 11.6 Å². The normalized spacial score (nSPS) is 12.6. The minimum Gasteiger partial charge on any atom is -0.488 e. The van der Waals surface area contributed by atoms with E-state index in [2.05, 4.69) is 24.1 Å². The largest absolute Gasteiger partial charge is 0.488 e. The number of methoxy groups -OCH3 is 2. The van der Waals surface area contributed by atoms with E-state index in [9.17, 15) is 4.79 Å². The molecule has 0 unspecified atom stereocenters. The fourth-order valence-electron chi connectivity index (χ4n) is 2.60. The van der Waals surface area contributed by atoms with Gasteiger partial charge in [0.15, 0.2) is 5.75 Å². The molecule has 1 heterocycles. The minimum absolute atomic E-state index is 0.00280. The van der Waals surface area contributed by atoms with Crippen LogP contribution in [0, 0.1) is 5.92 Å². The van der Waals surface area contributed by atoms with Gasteiger partial charge in [0, 0.05) is 32.4 Å². The molecule has 7 nitrogen and oxygen atoms in total. The lowest BCUT2D eigenvalue weighted by molar-refractivity contribution is 0.0487. The third-order valence-electron chi connectivity index (χ3n) is 4.07. The molecule has 0 aliphatic heterocycles. The molecule has 1 rings (SSSR count). The predicted molar refractivity (Wildman–Crippen MR) is 109 cm³/mol. The Morgan fingerprint density at radius 3 is 2.50 bits per heavy atom. The van der Waals surface area contributed by atoms with Gasteiger partial charge in [-0.15, -0.1) is 0 Å². The first-order valence-corrected chi connectivity index (χ1v) is 9.80. The van der Waals surface area contributed by atoms with Crippen molar-refractivity contribution in [2.24, 2.45) is 5.92 Å². The smallest absolute Gasteiger partial charge is 0.407 e. The third-order valence-corrected chi connectivity index (χ3v) is 4.07. The summed E-state index contributed by atoms with van der Waals surface area (Å²) in [5, 5.41) is 2.98. The summed E-state index contributed by atoms with van der Waals surface area (Å²) in [6.07, 6.45) is 3.71. The first kappa shape index (κ1) is 24.0. The van der Waals surface area contributed by atoms with E-state index < -0.39 is 5.60 Å². The Morgan fingerprint density at radius 1 is 1.21 bits per heavy atom. The van der Waals surface area contributed by atoms with Crippen LogP contribution in [0.4, 0.5) is 4.79 Å². The quantitative estimate of drug-likeness (QED) is 0.570. The van der Waals surface area contributed by atoms with E-state index in [-0.39, 0.29) is 18.1 Å². The van der Waals surface area contributed by atoms with Crippen molar-refractivity contribution < 1.29 is 23.7 Å². The summed E-state index contributed by atoms with van der Waals surface area (Å²) in [5.41, 5.74) is 0.514. The number of carbonyl (C=O) groups excluding carboxylic acids is 1. The highest BCUT2D eigenvalue weighted by atomic mass is 16.6. The van der Waals surface area contributed by atoms with Gasteiger partial charge < -0.3 is 24.3 Å². The highest BCUT2D eigenvalue weighted by Gasteiger charge is 2.21. The molecule has 0 aliphatic rings. The van der Waals surface area contributed by atoms with Gasteiger partial charge >= 0.3 is 6.09 Å². The zero-order chi connectivity index (χ0) is 21.2. The number of aromatic nitrogens is 1. The second-order valence-electron chi connectivity index (χ2n) is 8.08. The van der Waals surface area contributed by atoms with Crippen molar-refractivity contribution >= 4 is 6.09 Å². The molecule has 1 amide bonds. The first-order valence-electron chi connectivity index (χ1n) is 9.80. The Kier molecular flexibility index (Phi) is 10.1. The summed E-state index contributed by atoms with van der Waals surface area (Å²) < 4.78 is 21.5. The number of carbonyl (C=O) groups is 1. The van der Waals surface area contributed by atoms with Crippen LogP contribution < -0.4 is 14.8 Å². The molecule has 1 aromatic heterocycles. The highest BCUT2D eigenvalue weighted by molar-refractivity contribution is 5.68. The molecule has 160 valence electrons. The zero-order valence-electron chi connectivity index (χ0n) is 18.3. The molecule has 0 saturated heterocycles. The Hall–Kier alpha value is -2.02. The molecule has 0 fully saturated rings. The highest BCUT2D eigenvalue weighted by Crippen LogP contribution is 2.26. The fraction of sp³-hybridized carbons (Fsp3) is 0.714. The molecule has 0 saturated carbocycles. The molecule has 0 aliphatic carbocycles. The van der Waals surface area contributed by atoms with Crippen molar-refractivity contribution in [2.75, 3.05) is 27.4 Å². The summed E-state index contributed by atoms with van der Waals surface area (Å²) in [6.45, 7) is 10.9. The summed E-state index contributed by atoms with van der Waals surface area (Å²) in [5.74, 6) is 1.37. The number of ether oxygens (including phenoxy) is 4. The number of hydrogen-bond acceptors (Lipinski definition) is 6. The molecule has 1 aromatic rings. The number of amides is 1. The van der Waals surface area contributed by atoms with Crippen LogP contribution in [0.15, 0.2) is 12.3 Å². The van der Waals surface area contributed by atoms with Crippen molar-refractivity contribution in [2.45, 2.75) is 65.5 Å². The van der Waals surface area contributed by atoms with Crippen LogP contribution in [-0.2, 0) is 15.9 Å². The lowest BCUT2D eigenvalue weighted by Gasteiger charge is -2.26. The number of hydrogen-bond donors (Lipinski definition) is 1. The van der Waals surface area contributed by atoms with Crippen LogP contribution in [0.25, 0.3) is 0 Å². The van der Waals surface area contributed by atoms with Crippen LogP contribution in [0.2, 0.25) is 0 Å². The van der Waals surface area contributed by atoms with Gasteiger partial charge in [0.05, 0.1) is 13.7 Å². The average molecular weight is 397 g/mol. The average Bonchev–Trinajstić information content (AvgIpc) is 2.60. The molecular weight excluding hydrogens is 360 g/mol. The monoisotopic (exact) mass is 396 g/mol. The van der Waals surface area contributed by atoms with E-state index in [0.717, 1.165) is 24.8 Å². The number of rotatable bonds is 11. The molecule has 1 atom stereocenters. The van der Waals surface area contributed by atoms with Crippen LogP contribution in [0.1, 0.15) is 53.0 Å². The zero-order valence-corrected chi connectivity index (χ0v) is 18.3. The summed E-state index contributed by atoms with van der Waals surface area (Å²) in [4.78, 5) is 16.4. The molecule has 1 N–H and O–H groups in total. The molecular formula is C21H36N2O5.